The van der Waals surface area contributed by atoms with Gasteiger partial charge in [0.1, 0.15) is 0 Å². The van der Waals surface area contributed by atoms with Crippen LogP contribution >= 0.6 is 28.1 Å². The van der Waals surface area contributed by atoms with Crippen LogP contribution in [0.3, 0.4) is 0 Å². The lowest BCUT2D eigenvalue weighted by molar-refractivity contribution is 1.03. The number of hydrogen-bond donors (Lipinski definition) is 2. The molecular weight excluding hydrogens is 276 g/mol. The number of benzene rings is 1. The summed E-state index contributed by atoms with van der Waals surface area (Å²) >= 11 is 8.52. The van der Waals surface area contributed by atoms with Gasteiger partial charge in [0, 0.05) is 4.47 Å². The predicted molar refractivity (Wildman–Crippen MR) is 65.6 cm³/mol. The van der Waals surface area contributed by atoms with Crippen molar-refractivity contribution in [2.75, 3.05) is 5.73 Å². The molecule has 0 fully saturated rings. The summed E-state index contributed by atoms with van der Waals surface area (Å²) in [5.74, 6) is 0.363. The van der Waals surface area contributed by atoms with Crippen molar-refractivity contribution >= 4 is 34.1 Å². The number of aromatic nitrogens is 3. The van der Waals surface area contributed by atoms with Crippen LogP contribution in [0.4, 0.5) is 5.95 Å². The quantitative estimate of drug-likeness (QED) is 0.792. The zero-order chi connectivity index (χ0) is 11.0. The maximum atomic E-state index is 5.70. The second kappa shape index (κ2) is 3.79. The Morgan fingerprint density at radius 1 is 1.53 bits per heavy atom. The Bertz CT molecular complexity index is 557. The number of nitrogen functional groups attached to an aromatic ring is 1. The van der Waals surface area contributed by atoms with E-state index in [1.54, 1.807) is 4.57 Å². The van der Waals surface area contributed by atoms with Crippen LogP contribution in [0.5, 0.6) is 0 Å². The molecule has 1 aromatic heterocycles. The number of anilines is 1. The Kier molecular flexibility index (Phi) is 2.62. The molecule has 0 spiro atoms. The lowest BCUT2D eigenvalue weighted by Gasteiger charge is -2.05. The highest BCUT2D eigenvalue weighted by Gasteiger charge is 2.05. The summed E-state index contributed by atoms with van der Waals surface area (Å²) in [7, 11) is 0. The van der Waals surface area contributed by atoms with Crippen molar-refractivity contribution < 1.29 is 0 Å². The number of nitrogens with two attached hydrogens (primary N) is 1. The minimum Gasteiger partial charge on any atom is -0.368 e. The molecule has 0 aliphatic heterocycles. The molecule has 15 heavy (non-hydrogen) atoms. The Hall–Kier alpha value is -1.14. The smallest absolute Gasteiger partial charge is 0.225 e. The van der Waals surface area contributed by atoms with E-state index in [0.29, 0.717) is 10.7 Å². The second-order valence-corrected chi connectivity index (χ2v) is 4.40. The van der Waals surface area contributed by atoms with Gasteiger partial charge in [-0.15, -0.1) is 5.10 Å². The van der Waals surface area contributed by atoms with Crippen molar-refractivity contribution in [3.05, 3.63) is 33.0 Å². The third-order valence-electron chi connectivity index (χ3n) is 2.10. The molecule has 2 aromatic rings. The van der Waals surface area contributed by atoms with Crippen LogP contribution < -0.4 is 5.73 Å². The average molecular weight is 285 g/mol. The van der Waals surface area contributed by atoms with Crippen LogP contribution in [-0.4, -0.2) is 14.8 Å². The summed E-state index contributed by atoms with van der Waals surface area (Å²) in [4.78, 5) is 0. The van der Waals surface area contributed by atoms with E-state index in [9.17, 15) is 0 Å². The maximum Gasteiger partial charge on any atom is 0.225 e. The number of hydrogen-bond acceptors (Lipinski definition) is 3. The van der Waals surface area contributed by atoms with Crippen molar-refractivity contribution in [1.82, 2.24) is 14.8 Å². The summed E-state index contributed by atoms with van der Waals surface area (Å²) in [6, 6.07) is 5.88. The molecule has 0 aliphatic rings. The third-order valence-corrected chi connectivity index (χ3v) is 3.26. The van der Waals surface area contributed by atoms with E-state index in [4.69, 9.17) is 18.0 Å². The number of halogens is 1. The van der Waals surface area contributed by atoms with E-state index in [1.807, 2.05) is 25.1 Å². The monoisotopic (exact) mass is 284 g/mol. The number of H-pyrrole nitrogens is 1. The minimum absolute atomic E-state index is 0.363. The molecule has 4 nitrogen and oxygen atoms in total. The fourth-order valence-electron chi connectivity index (χ4n) is 1.33. The van der Waals surface area contributed by atoms with Crippen LogP contribution in [0.25, 0.3) is 5.69 Å². The summed E-state index contributed by atoms with van der Waals surface area (Å²) in [5.41, 5.74) is 7.73. The second-order valence-electron chi connectivity index (χ2n) is 3.16. The number of rotatable bonds is 1. The van der Waals surface area contributed by atoms with Gasteiger partial charge in [-0.3, -0.25) is 4.57 Å². The van der Waals surface area contributed by atoms with Gasteiger partial charge in [0.2, 0.25) is 10.7 Å². The largest absolute Gasteiger partial charge is 0.368 e. The van der Waals surface area contributed by atoms with Gasteiger partial charge < -0.3 is 5.73 Å². The predicted octanol–water partition coefficient (Wildman–Crippen LogP) is 2.58. The third kappa shape index (κ3) is 1.82. The van der Waals surface area contributed by atoms with E-state index in [0.717, 1.165) is 15.7 Å². The normalized spacial score (nSPS) is 10.5. The van der Waals surface area contributed by atoms with Crippen molar-refractivity contribution in [1.29, 1.82) is 0 Å². The van der Waals surface area contributed by atoms with E-state index in [1.165, 1.54) is 0 Å². The molecule has 1 aromatic carbocycles. The van der Waals surface area contributed by atoms with E-state index >= 15 is 0 Å². The zero-order valence-electron chi connectivity index (χ0n) is 7.99. The number of aryl methyl sites for hydroxylation is 1. The van der Waals surface area contributed by atoms with Crippen LogP contribution in [0.1, 0.15) is 5.56 Å². The topological polar surface area (TPSA) is 59.6 Å². The number of nitrogens with one attached hydrogen (secondary N) is 1. The fourth-order valence-corrected chi connectivity index (χ4v) is 1.82. The molecule has 0 amide bonds. The number of nitrogens with zero attached hydrogens (tertiary/aromatic N) is 2. The molecular formula is C9H9BrN4S. The lowest BCUT2D eigenvalue weighted by Crippen LogP contribution is -2.01. The molecule has 0 radical (unpaired) electrons. The number of aromatic amines is 1. The standard InChI is InChI=1S/C9H9BrN4S/c1-5-4-6(2-3-7(5)10)14-8(11)12-13-9(14)15/h2-4H,1H3,(H2,11,12)(H,13,15). The first-order valence-electron chi connectivity index (χ1n) is 4.29. The van der Waals surface area contributed by atoms with Gasteiger partial charge in [0.05, 0.1) is 5.69 Å². The van der Waals surface area contributed by atoms with E-state index in [-0.39, 0.29) is 0 Å². The molecule has 0 unspecified atom stereocenters. The Morgan fingerprint density at radius 3 is 2.80 bits per heavy atom. The first-order chi connectivity index (χ1) is 7.09. The first-order valence-corrected chi connectivity index (χ1v) is 5.49. The molecule has 78 valence electrons. The first kappa shape index (κ1) is 10.4. The SMILES string of the molecule is Cc1cc(-n2c(N)n[nH]c2=S)ccc1Br. The Balaban J connectivity index is 2.65. The van der Waals surface area contributed by atoms with Gasteiger partial charge in [0.15, 0.2) is 0 Å². The van der Waals surface area contributed by atoms with Crippen molar-refractivity contribution in [3.63, 3.8) is 0 Å². The fraction of sp³-hybridized carbons (Fsp3) is 0.111. The summed E-state index contributed by atoms with van der Waals surface area (Å²) in [5, 5.41) is 6.51. The molecule has 3 N–H and O–H groups in total. The molecule has 0 atom stereocenters. The highest BCUT2D eigenvalue weighted by Crippen LogP contribution is 2.20. The van der Waals surface area contributed by atoms with Gasteiger partial charge in [-0.25, -0.2) is 5.10 Å². The van der Waals surface area contributed by atoms with E-state index in [2.05, 4.69) is 26.1 Å². The van der Waals surface area contributed by atoms with Crippen LogP contribution in [0, 0.1) is 11.7 Å². The molecule has 2 rings (SSSR count). The van der Waals surface area contributed by atoms with Crippen LogP contribution in [-0.2, 0) is 0 Å². The average Bonchev–Trinajstić information content (AvgIpc) is 2.52. The van der Waals surface area contributed by atoms with E-state index < -0.39 is 0 Å². The summed E-state index contributed by atoms with van der Waals surface area (Å²) in [6.07, 6.45) is 0. The highest BCUT2D eigenvalue weighted by molar-refractivity contribution is 9.10. The highest BCUT2D eigenvalue weighted by atomic mass is 79.9. The van der Waals surface area contributed by atoms with Crippen molar-refractivity contribution in [3.8, 4) is 5.69 Å². The van der Waals surface area contributed by atoms with Crippen molar-refractivity contribution in [2.45, 2.75) is 6.92 Å². The molecule has 0 saturated carbocycles. The van der Waals surface area contributed by atoms with Crippen LogP contribution in [0.2, 0.25) is 0 Å². The molecule has 0 bridgehead atoms. The Morgan fingerprint density at radius 2 is 2.27 bits per heavy atom. The van der Waals surface area contributed by atoms with Gasteiger partial charge in [-0.1, -0.05) is 15.9 Å². The molecule has 6 heteroatoms. The molecule has 0 aliphatic carbocycles. The molecule has 1 heterocycles. The van der Waals surface area contributed by atoms with Crippen molar-refractivity contribution in [2.24, 2.45) is 0 Å². The maximum absolute atomic E-state index is 5.70. The Labute approximate surface area is 100 Å². The van der Waals surface area contributed by atoms with Gasteiger partial charge in [-0.05, 0) is 42.9 Å². The summed E-state index contributed by atoms with van der Waals surface area (Å²) < 4.78 is 3.24. The van der Waals surface area contributed by atoms with Crippen LogP contribution in [0.15, 0.2) is 22.7 Å². The zero-order valence-corrected chi connectivity index (χ0v) is 10.4. The lowest BCUT2D eigenvalue weighted by atomic mass is 10.2. The van der Waals surface area contributed by atoms with Gasteiger partial charge in [0.25, 0.3) is 0 Å². The minimum atomic E-state index is 0.363. The van der Waals surface area contributed by atoms with Gasteiger partial charge in [-0.2, -0.15) is 0 Å². The molecule has 0 saturated heterocycles. The summed E-state index contributed by atoms with van der Waals surface area (Å²) in [6.45, 7) is 2.01. The van der Waals surface area contributed by atoms with Gasteiger partial charge >= 0.3 is 0 Å².